The van der Waals surface area contributed by atoms with E-state index >= 15 is 0 Å². The number of rotatable bonds is 4. The van der Waals surface area contributed by atoms with Crippen molar-refractivity contribution in [3.63, 3.8) is 0 Å². The molecule has 0 radical (unpaired) electrons. The van der Waals surface area contributed by atoms with E-state index in [2.05, 4.69) is 51.0 Å². The van der Waals surface area contributed by atoms with Crippen LogP contribution < -0.4 is 5.32 Å². The third-order valence-corrected chi connectivity index (χ3v) is 4.84. The zero-order chi connectivity index (χ0) is 15.8. The summed E-state index contributed by atoms with van der Waals surface area (Å²) in [6.45, 7) is 11.5. The lowest BCUT2D eigenvalue weighted by molar-refractivity contribution is -0.100. The highest BCUT2D eigenvalue weighted by Gasteiger charge is 2.53. The molecule has 2 heterocycles. The highest BCUT2D eigenvalue weighted by molar-refractivity contribution is 5.13. The van der Waals surface area contributed by atoms with E-state index in [0.717, 1.165) is 0 Å². The summed E-state index contributed by atoms with van der Waals surface area (Å²) < 4.78 is 17.3. The molecule has 5 unspecified atom stereocenters. The summed E-state index contributed by atoms with van der Waals surface area (Å²) in [5.41, 5.74) is 1.20. The lowest BCUT2D eigenvalue weighted by Gasteiger charge is -2.44. The predicted octanol–water partition coefficient (Wildman–Crippen LogP) is 1.94. The van der Waals surface area contributed by atoms with Crippen molar-refractivity contribution in [3.05, 3.63) is 11.8 Å². The van der Waals surface area contributed by atoms with E-state index in [0.29, 0.717) is 12.6 Å². The maximum Gasteiger partial charge on any atom is 0.139 e. The largest absolute Gasteiger partial charge is 0.382 e. The highest BCUT2D eigenvalue weighted by Crippen LogP contribution is 2.43. The van der Waals surface area contributed by atoms with Gasteiger partial charge >= 0.3 is 0 Å². The molecule has 0 bridgehead atoms. The summed E-state index contributed by atoms with van der Waals surface area (Å²) in [5, 5.41) is 3.58. The van der Waals surface area contributed by atoms with E-state index < -0.39 is 0 Å². The molecular formula is C16H30N2O3. The highest BCUT2D eigenvalue weighted by atomic mass is 16.6. The summed E-state index contributed by atoms with van der Waals surface area (Å²) in [6, 6.07) is 0.397. The number of hydrogen-bond acceptors (Lipinski definition) is 5. The standard InChI is InChI=1S/C16H30N2O3/c1-10-8-18(12(3)17-11(10)2)15-16(4,5)14(20-7)13(21-15)9-19-6/h8,11-15,17H,9H2,1-7H3. The first-order chi connectivity index (χ1) is 9.82. The van der Waals surface area contributed by atoms with Crippen molar-refractivity contribution >= 4 is 0 Å². The third kappa shape index (κ3) is 2.97. The van der Waals surface area contributed by atoms with Gasteiger partial charge in [0.15, 0.2) is 0 Å². The van der Waals surface area contributed by atoms with Crippen molar-refractivity contribution in [3.8, 4) is 0 Å². The molecule has 0 saturated carbocycles. The van der Waals surface area contributed by atoms with Gasteiger partial charge < -0.3 is 19.1 Å². The maximum absolute atomic E-state index is 6.31. The van der Waals surface area contributed by atoms with Gasteiger partial charge in [0, 0.05) is 31.9 Å². The molecule has 0 aromatic carbocycles. The second kappa shape index (κ2) is 6.24. The Kier molecular flexibility index (Phi) is 4.98. The fourth-order valence-corrected chi connectivity index (χ4v) is 3.54. The Morgan fingerprint density at radius 1 is 1.33 bits per heavy atom. The number of nitrogens with zero attached hydrogens (tertiary/aromatic N) is 1. The van der Waals surface area contributed by atoms with E-state index in [-0.39, 0.29) is 30.0 Å². The van der Waals surface area contributed by atoms with Gasteiger partial charge in [-0.1, -0.05) is 13.8 Å². The first-order valence-electron chi connectivity index (χ1n) is 7.72. The average molecular weight is 298 g/mol. The van der Waals surface area contributed by atoms with Crippen LogP contribution in [0, 0.1) is 5.41 Å². The van der Waals surface area contributed by atoms with Gasteiger partial charge in [0.1, 0.15) is 12.3 Å². The smallest absolute Gasteiger partial charge is 0.139 e. The Hall–Kier alpha value is -0.620. The fraction of sp³-hybridized carbons (Fsp3) is 0.875. The Labute approximate surface area is 128 Å². The first kappa shape index (κ1) is 16.7. The molecule has 5 atom stereocenters. The molecule has 21 heavy (non-hydrogen) atoms. The molecule has 0 aromatic heterocycles. The van der Waals surface area contributed by atoms with Crippen molar-refractivity contribution in [1.29, 1.82) is 0 Å². The minimum atomic E-state index is -0.120. The second-order valence-electron chi connectivity index (χ2n) is 6.84. The van der Waals surface area contributed by atoms with Gasteiger partial charge in [-0.25, -0.2) is 0 Å². The van der Waals surface area contributed by atoms with Crippen LogP contribution in [-0.2, 0) is 14.2 Å². The minimum absolute atomic E-state index is 0.0164. The molecule has 0 aliphatic carbocycles. The molecule has 1 fully saturated rings. The second-order valence-corrected chi connectivity index (χ2v) is 6.84. The molecule has 5 nitrogen and oxygen atoms in total. The average Bonchev–Trinajstić information content (AvgIpc) is 2.65. The van der Waals surface area contributed by atoms with Crippen LogP contribution in [0.1, 0.15) is 34.6 Å². The Bertz CT molecular complexity index is 397. The van der Waals surface area contributed by atoms with Crippen LogP contribution in [0.2, 0.25) is 0 Å². The Morgan fingerprint density at radius 2 is 2.00 bits per heavy atom. The van der Waals surface area contributed by atoms with Crippen LogP contribution in [0.3, 0.4) is 0 Å². The van der Waals surface area contributed by atoms with Crippen LogP contribution in [0.25, 0.3) is 0 Å². The molecule has 122 valence electrons. The molecule has 1 saturated heterocycles. The quantitative estimate of drug-likeness (QED) is 0.859. The monoisotopic (exact) mass is 298 g/mol. The lowest BCUT2D eigenvalue weighted by atomic mass is 9.83. The van der Waals surface area contributed by atoms with Gasteiger partial charge in [-0.05, 0) is 26.3 Å². The molecule has 0 amide bonds. The predicted molar refractivity (Wildman–Crippen MR) is 82.8 cm³/mol. The van der Waals surface area contributed by atoms with Gasteiger partial charge in [-0.3, -0.25) is 5.32 Å². The van der Waals surface area contributed by atoms with E-state index in [1.165, 1.54) is 5.57 Å². The van der Waals surface area contributed by atoms with Gasteiger partial charge in [0.05, 0.1) is 18.9 Å². The van der Waals surface area contributed by atoms with Crippen LogP contribution in [0.4, 0.5) is 0 Å². The van der Waals surface area contributed by atoms with Crippen molar-refractivity contribution in [2.45, 2.75) is 65.3 Å². The molecular weight excluding hydrogens is 268 g/mol. The normalized spacial score (nSPS) is 39.5. The Balaban J connectivity index is 2.26. The molecule has 0 spiro atoms. The van der Waals surface area contributed by atoms with E-state index in [1.54, 1.807) is 14.2 Å². The summed E-state index contributed by atoms with van der Waals surface area (Å²) in [5.74, 6) is 0. The zero-order valence-electron chi connectivity index (χ0n) is 14.3. The summed E-state index contributed by atoms with van der Waals surface area (Å²) in [6.07, 6.45) is 2.39. The summed E-state index contributed by atoms with van der Waals surface area (Å²) >= 11 is 0. The van der Waals surface area contributed by atoms with Crippen molar-refractivity contribution in [2.24, 2.45) is 5.41 Å². The van der Waals surface area contributed by atoms with Crippen molar-refractivity contribution in [1.82, 2.24) is 10.2 Å². The van der Waals surface area contributed by atoms with Crippen LogP contribution in [0.15, 0.2) is 11.8 Å². The van der Waals surface area contributed by atoms with Crippen LogP contribution >= 0.6 is 0 Å². The van der Waals surface area contributed by atoms with E-state index in [1.807, 2.05) is 0 Å². The maximum atomic E-state index is 6.31. The number of methoxy groups -OCH3 is 2. The molecule has 2 aliphatic heterocycles. The lowest BCUT2D eigenvalue weighted by Crippen LogP contribution is -2.56. The molecule has 0 aromatic rings. The van der Waals surface area contributed by atoms with Gasteiger partial charge in [-0.2, -0.15) is 0 Å². The minimum Gasteiger partial charge on any atom is -0.382 e. The fourth-order valence-electron chi connectivity index (χ4n) is 3.54. The number of nitrogens with one attached hydrogen (secondary N) is 1. The molecule has 5 heteroatoms. The topological polar surface area (TPSA) is 43.0 Å². The van der Waals surface area contributed by atoms with Gasteiger partial charge in [0.25, 0.3) is 0 Å². The number of ether oxygens (including phenoxy) is 3. The van der Waals surface area contributed by atoms with Gasteiger partial charge in [0.2, 0.25) is 0 Å². The summed E-state index contributed by atoms with van der Waals surface area (Å²) in [7, 11) is 3.45. The van der Waals surface area contributed by atoms with Gasteiger partial charge in [-0.15, -0.1) is 0 Å². The number of hydrogen-bond donors (Lipinski definition) is 1. The molecule has 2 rings (SSSR count). The van der Waals surface area contributed by atoms with Crippen LogP contribution in [0.5, 0.6) is 0 Å². The van der Waals surface area contributed by atoms with Crippen molar-refractivity contribution < 1.29 is 14.2 Å². The Morgan fingerprint density at radius 3 is 2.57 bits per heavy atom. The zero-order valence-corrected chi connectivity index (χ0v) is 14.3. The molecule has 1 N–H and O–H groups in total. The van der Waals surface area contributed by atoms with E-state index in [9.17, 15) is 0 Å². The van der Waals surface area contributed by atoms with Crippen molar-refractivity contribution in [2.75, 3.05) is 20.8 Å². The third-order valence-electron chi connectivity index (χ3n) is 4.84. The summed E-state index contributed by atoms with van der Waals surface area (Å²) in [4.78, 5) is 2.27. The van der Waals surface area contributed by atoms with E-state index in [4.69, 9.17) is 14.2 Å². The first-order valence-corrected chi connectivity index (χ1v) is 7.72. The SMILES string of the molecule is COCC1OC(N2C=C(C)C(C)NC2C)C(C)(C)C1OC. The van der Waals surface area contributed by atoms with Crippen LogP contribution in [-0.4, -0.2) is 56.4 Å². The molecule has 2 aliphatic rings.